The van der Waals surface area contributed by atoms with Crippen molar-refractivity contribution in [3.8, 4) is 11.5 Å². The van der Waals surface area contributed by atoms with E-state index in [4.69, 9.17) is 9.47 Å². The number of benzene rings is 2. The maximum atomic E-state index is 14.8. The lowest BCUT2D eigenvalue weighted by molar-refractivity contribution is -0.119. The van der Waals surface area contributed by atoms with Gasteiger partial charge in [-0.1, -0.05) is 12.1 Å². The zero-order chi connectivity index (χ0) is 21.1. The summed E-state index contributed by atoms with van der Waals surface area (Å²) in [6.07, 6.45) is 1.11. The molecule has 1 fully saturated rings. The molecule has 2 unspecified atom stereocenters. The number of hydrogen-bond donors (Lipinski definition) is 2. The van der Waals surface area contributed by atoms with Gasteiger partial charge in [0.05, 0.1) is 32.1 Å². The van der Waals surface area contributed by atoms with Crippen molar-refractivity contribution in [2.24, 2.45) is 5.92 Å². The molecule has 0 saturated carbocycles. The molecule has 1 amide bonds. The van der Waals surface area contributed by atoms with E-state index in [-0.39, 0.29) is 30.8 Å². The molecule has 2 aliphatic rings. The van der Waals surface area contributed by atoms with Crippen molar-refractivity contribution in [3.63, 3.8) is 0 Å². The summed E-state index contributed by atoms with van der Waals surface area (Å²) in [5.41, 5.74) is 1.90. The lowest BCUT2D eigenvalue weighted by atomic mass is 9.95. The predicted octanol–water partition coefficient (Wildman–Crippen LogP) is 3.08. The predicted molar refractivity (Wildman–Crippen MR) is 119 cm³/mol. The number of amides is 1. The highest BCUT2D eigenvalue weighted by atomic mass is 35.5. The fraction of sp³-hybridized carbons (Fsp3) is 0.435. The highest BCUT2D eigenvalue weighted by Crippen LogP contribution is 2.38. The van der Waals surface area contributed by atoms with E-state index < -0.39 is 11.9 Å². The van der Waals surface area contributed by atoms with Gasteiger partial charge in [0.15, 0.2) is 0 Å². The maximum Gasteiger partial charge on any atom is 0.227 e. The van der Waals surface area contributed by atoms with E-state index >= 15 is 0 Å². The average Bonchev–Trinajstić information content (AvgIpc) is 2.76. The molecule has 0 bridgehead atoms. The Bertz CT molecular complexity index is 909. The van der Waals surface area contributed by atoms with E-state index in [9.17, 15) is 14.3 Å². The Morgan fingerprint density at radius 1 is 1.19 bits per heavy atom. The summed E-state index contributed by atoms with van der Waals surface area (Å²) in [7, 11) is 1.60. The van der Waals surface area contributed by atoms with E-state index in [1.54, 1.807) is 13.2 Å². The fourth-order valence-corrected chi connectivity index (χ4v) is 4.12. The number of rotatable bonds is 6. The van der Waals surface area contributed by atoms with Gasteiger partial charge >= 0.3 is 0 Å². The van der Waals surface area contributed by atoms with Crippen LogP contribution in [0.1, 0.15) is 24.0 Å². The van der Waals surface area contributed by atoms with Gasteiger partial charge in [0, 0.05) is 24.4 Å². The van der Waals surface area contributed by atoms with Crippen LogP contribution in [-0.2, 0) is 17.8 Å². The number of anilines is 1. The summed E-state index contributed by atoms with van der Waals surface area (Å²) in [5, 5.41) is 13.3. The van der Waals surface area contributed by atoms with Gasteiger partial charge in [-0.05, 0) is 49.2 Å². The second-order valence-electron chi connectivity index (χ2n) is 7.83. The van der Waals surface area contributed by atoms with Crippen LogP contribution in [0.4, 0.5) is 10.1 Å². The molecule has 168 valence electrons. The molecular weight excluding hydrogens is 423 g/mol. The minimum absolute atomic E-state index is 0. The number of aliphatic hydroxyl groups is 1. The highest BCUT2D eigenvalue weighted by Gasteiger charge is 2.31. The molecule has 0 radical (unpaired) electrons. The first-order valence-electron chi connectivity index (χ1n) is 10.3. The number of ether oxygens (including phenoxy) is 2. The topological polar surface area (TPSA) is 71.0 Å². The molecule has 8 heteroatoms. The van der Waals surface area contributed by atoms with Crippen molar-refractivity contribution in [2.45, 2.75) is 31.9 Å². The number of carbonyl (C=O) groups is 1. The molecule has 2 aliphatic heterocycles. The summed E-state index contributed by atoms with van der Waals surface area (Å²) in [6, 6.07) is 10.4. The molecule has 0 aromatic heterocycles. The van der Waals surface area contributed by atoms with Gasteiger partial charge in [-0.2, -0.15) is 0 Å². The largest absolute Gasteiger partial charge is 0.497 e. The van der Waals surface area contributed by atoms with Gasteiger partial charge in [0.1, 0.15) is 17.3 Å². The van der Waals surface area contributed by atoms with Gasteiger partial charge in [-0.15, -0.1) is 12.4 Å². The third-order valence-corrected chi connectivity index (χ3v) is 5.89. The SMILES string of the molecule is COc1ccc(CN2C(=O)CCc3c(OCC4CCNCC4O)ccc(F)c32)cc1.Cl. The van der Waals surface area contributed by atoms with E-state index in [0.29, 0.717) is 43.0 Å². The van der Waals surface area contributed by atoms with Crippen LogP contribution in [0.2, 0.25) is 0 Å². The summed E-state index contributed by atoms with van der Waals surface area (Å²) >= 11 is 0. The maximum absolute atomic E-state index is 14.8. The minimum Gasteiger partial charge on any atom is -0.497 e. The summed E-state index contributed by atoms with van der Waals surface area (Å²) in [6.45, 7) is 2.05. The van der Waals surface area contributed by atoms with Crippen molar-refractivity contribution < 1.29 is 23.8 Å². The first-order valence-corrected chi connectivity index (χ1v) is 10.3. The van der Waals surface area contributed by atoms with Crippen LogP contribution in [0.5, 0.6) is 11.5 Å². The van der Waals surface area contributed by atoms with Crippen molar-refractivity contribution in [3.05, 3.63) is 53.3 Å². The average molecular weight is 451 g/mol. The van der Waals surface area contributed by atoms with Crippen LogP contribution < -0.4 is 19.7 Å². The Labute approximate surface area is 187 Å². The molecule has 1 saturated heterocycles. The van der Waals surface area contributed by atoms with Crippen LogP contribution in [0, 0.1) is 11.7 Å². The first-order chi connectivity index (χ1) is 14.6. The number of methoxy groups -OCH3 is 1. The Hall–Kier alpha value is -2.35. The van der Waals surface area contributed by atoms with Crippen molar-refractivity contribution in [2.75, 3.05) is 31.7 Å². The molecule has 2 N–H and O–H groups in total. The summed E-state index contributed by atoms with van der Waals surface area (Å²) in [5.74, 6) is 0.812. The second kappa shape index (κ2) is 10.3. The highest BCUT2D eigenvalue weighted by molar-refractivity contribution is 5.97. The van der Waals surface area contributed by atoms with Crippen LogP contribution in [0.15, 0.2) is 36.4 Å². The Kier molecular flexibility index (Phi) is 7.75. The van der Waals surface area contributed by atoms with Crippen molar-refractivity contribution in [1.82, 2.24) is 5.32 Å². The molecule has 2 atom stereocenters. The van der Waals surface area contributed by atoms with Crippen LogP contribution in [-0.4, -0.2) is 43.9 Å². The quantitative estimate of drug-likeness (QED) is 0.707. The number of aliphatic hydroxyl groups excluding tert-OH is 1. The molecule has 2 aromatic rings. The number of piperidine rings is 1. The van der Waals surface area contributed by atoms with E-state index in [1.165, 1.54) is 11.0 Å². The molecule has 0 aliphatic carbocycles. The number of nitrogens with zero attached hydrogens (tertiary/aromatic N) is 1. The molecular formula is C23H28ClFN2O4. The van der Waals surface area contributed by atoms with Crippen molar-refractivity contribution >= 4 is 24.0 Å². The zero-order valence-electron chi connectivity index (χ0n) is 17.5. The Morgan fingerprint density at radius 3 is 2.68 bits per heavy atom. The number of halogens is 2. The minimum atomic E-state index is -0.455. The summed E-state index contributed by atoms with van der Waals surface area (Å²) < 4.78 is 26.0. The fourth-order valence-electron chi connectivity index (χ4n) is 4.12. The summed E-state index contributed by atoms with van der Waals surface area (Å²) in [4.78, 5) is 14.2. The molecule has 4 rings (SSSR count). The Morgan fingerprint density at radius 2 is 1.97 bits per heavy atom. The second-order valence-corrected chi connectivity index (χ2v) is 7.83. The van der Waals surface area contributed by atoms with Gasteiger partial charge in [-0.3, -0.25) is 4.79 Å². The number of hydrogen-bond acceptors (Lipinski definition) is 5. The van der Waals surface area contributed by atoms with Gasteiger partial charge in [-0.25, -0.2) is 4.39 Å². The number of carbonyl (C=O) groups excluding carboxylic acids is 1. The number of nitrogens with one attached hydrogen (secondary N) is 1. The van der Waals surface area contributed by atoms with Crippen LogP contribution in [0.3, 0.4) is 0 Å². The molecule has 31 heavy (non-hydrogen) atoms. The van der Waals surface area contributed by atoms with E-state index in [1.807, 2.05) is 24.3 Å². The molecule has 6 nitrogen and oxygen atoms in total. The standard InChI is InChI=1S/C23H27FN2O4.ClH/c1-29-17-4-2-15(3-5-17)13-26-22(28)9-6-18-21(8-7-19(24)23(18)26)30-14-16-10-11-25-12-20(16)27;/h2-5,7-8,16,20,25,27H,6,9-14H2,1H3;1H. The lowest BCUT2D eigenvalue weighted by Gasteiger charge is -2.32. The first kappa shape index (κ1) is 23.3. The monoisotopic (exact) mass is 450 g/mol. The van der Waals surface area contributed by atoms with Crippen LogP contribution >= 0.6 is 12.4 Å². The molecule has 0 spiro atoms. The Balaban J connectivity index is 0.00000272. The zero-order valence-corrected chi connectivity index (χ0v) is 18.3. The number of fused-ring (bicyclic) bond motifs is 1. The smallest absolute Gasteiger partial charge is 0.227 e. The number of β-amino-alcohol motifs (C(OH)–C–C–N with tert-alkyl or cyclic N) is 1. The third kappa shape index (κ3) is 5.11. The van der Waals surface area contributed by atoms with Gasteiger partial charge in [0.2, 0.25) is 5.91 Å². The molecule has 2 aromatic carbocycles. The van der Waals surface area contributed by atoms with Crippen molar-refractivity contribution in [1.29, 1.82) is 0 Å². The lowest BCUT2D eigenvalue weighted by Crippen LogP contribution is -2.43. The third-order valence-electron chi connectivity index (χ3n) is 5.89. The molecule has 2 heterocycles. The van der Waals surface area contributed by atoms with E-state index in [2.05, 4.69) is 5.32 Å². The van der Waals surface area contributed by atoms with Crippen LogP contribution in [0.25, 0.3) is 0 Å². The van der Waals surface area contributed by atoms with Gasteiger partial charge in [0.25, 0.3) is 0 Å². The van der Waals surface area contributed by atoms with Gasteiger partial charge < -0.3 is 24.8 Å². The normalized spacial score (nSPS) is 20.6. The van der Waals surface area contributed by atoms with E-state index in [0.717, 1.165) is 24.3 Å².